The molecule has 31 heavy (non-hydrogen) atoms. The molecule has 1 aromatic carbocycles. The number of aryl methyl sites for hydroxylation is 1. The van der Waals surface area contributed by atoms with Crippen LogP contribution in [0.2, 0.25) is 0 Å². The van der Waals surface area contributed by atoms with Crippen molar-refractivity contribution in [3.8, 4) is 11.4 Å². The van der Waals surface area contributed by atoms with Gasteiger partial charge in [0.1, 0.15) is 17.1 Å². The number of rotatable bonds is 9. The normalized spacial score (nSPS) is 10.7. The smallest absolute Gasteiger partial charge is 0.341 e. The van der Waals surface area contributed by atoms with Crippen molar-refractivity contribution in [1.29, 1.82) is 0 Å². The van der Waals surface area contributed by atoms with E-state index in [1.807, 2.05) is 38.1 Å². The lowest BCUT2D eigenvalue weighted by molar-refractivity contribution is -0.113. The fourth-order valence-electron chi connectivity index (χ4n) is 2.99. The summed E-state index contributed by atoms with van der Waals surface area (Å²) in [5.74, 6) is 0.172. The summed E-state index contributed by atoms with van der Waals surface area (Å²) >= 11 is 2.66. The lowest BCUT2D eigenvalue weighted by atomic mass is 10.1. The van der Waals surface area contributed by atoms with Gasteiger partial charge >= 0.3 is 5.97 Å². The number of thiophene rings is 1. The Hall–Kier alpha value is -2.85. The van der Waals surface area contributed by atoms with Crippen LogP contribution in [0.1, 0.15) is 34.6 Å². The maximum atomic E-state index is 12.6. The summed E-state index contributed by atoms with van der Waals surface area (Å²) in [5.41, 5.74) is 2.12. The van der Waals surface area contributed by atoms with Crippen molar-refractivity contribution in [3.63, 3.8) is 0 Å². The molecule has 0 fully saturated rings. The Kier molecular flexibility index (Phi) is 7.69. The van der Waals surface area contributed by atoms with Crippen molar-refractivity contribution in [1.82, 2.24) is 14.8 Å². The highest BCUT2D eigenvalue weighted by Gasteiger charge is 2.23. The summed E-state index contributed by atoms with van der Waals surface area (Å²) in [7, 11) is 1.60. The summed E-state index contributed by atoms with van der Waals surface area (Å²) in [6.07, 6.45) is 2.36. The molecular weight excluding hydrogens is 436 g/mol. The molecule has 2 aromatic heterocycles. The average molecular weight is 461 g/mol. The predicted molar refractivity (Wildman–Crippen MR) is 122 cm³/mol. The molecule has 0 bridgehead atoms. The molecule has 0 spiro atoms. The number of nitrogens with one attached hydrogen (secondary N) is 1. The molecule has 0 aliphatic carbocycles. The molecule has 0 unspecified atom stereocenters. The lowest BCUT2D eigenvalue weighted by Crippen LogP contribution is -2.16. The van der Waals surface area contributed by atoms with E-state index in [4.69, 9.17) is 9.47 Å². The number of carbonyl (C=O) groups is 2. The van der Waals surface area contributed by atoms with E-state index < -0.39 is 5.97 Å². The minimum atomic E-state index is -0.420. The van der Waals surface area contributed by atoms with Gasteiger partial charge in [-0.25, -0.2) is 4.79 Å². The van der Waals surface area contributed by atoms with Crippen LogP contribution in [-0.4, -0.2) is 46.1 Å². The van der Waals surface area contributed by atoms with Crippen LogP contribution in [-0.2, 0) is 16.0 Å². The van der Waals surface area contributed by atoms with Gasteiger partial charge in [0.15, 0.2) is 5.16 Å². The molecule has 3 rings (SSSR count). The quantitative estimate of drug-likeness (QED) is 0.379. The molecule has 1 amide bonds. The first-order valence-electron chi connectivity index (χ1n) is 9.74. The molecule has 2 heterocycles. The topological polar surface area (TPSA) is 95.3 Å². The number of ether oxygens (including phenoxy) is 2. The molecule has 0 aliphatic rings. The number of nitrogens with zero attached hydrogens (tertiary/aromatic N) is 3. The third-order valence-corrected chi connectivity index (χ3v) is 6.77. The molecular formula is C21H24N4O4S2. The first-order valence-corrected chi connectivity index (χ1v) is 11.5. The molecule has 0 saturated carbocycles. The maximum Gasteiger partial charge on any atom is 0.341 e. The second-order valence-electron chi connectivity index (χ2n) is 6.45. The Bertz CT molecular complexity index is 1080. The van der Waals surface area contributed by atoms with Crippen molar-refractivity contribution in [2.45, 2.75) is 32.3 Å². The van der Waals surface area contributed by atoms with Crippen LogP contribution in [0.25, 0.3) is 5.69 Å². The zero-order valence-electron chi connectivity index (χ0n) is 17.8. The standard InChI is InChI=1S/C21H24N4O4S2/c1-5-16-13(3)18(20(27)29-6-2)19(31-16)23-17(26)11-30-21-24-22-12-25(21)14-8-7-9-15(10-14)28-4/h7-10,12H,5-6,11H2,1-4H3,(H,23,26). The van der Waals surface area contributed by atoms with Gasteiger partial charge in [0.05, 0.1) is 30.7 Å². The van der Waals surface area contributed by atoms with E-state index in [1.165, 1.54) is 23.1 Å². The van der Waals surface area contributed by atoms with E-state index in [1.54, 1.807) is 24.9 Å². The lowest BCUT2D eigenvalue weighted by Gasteiger charge is -2.09. The second kappa shape index (κ2) is 10.5. The molecule has 10 heteroatoms. The first-order chi connectivity index (χ1) is 15.0. The monoisotopic (exact) mass is 460 g/mol. The Balaban J connectivity index is 1.72. The number of hydrogen-bond acceptors (Lipinski definition) is 8. The van der Waals surface area contributed by atoms with Crippen LogP contribution in [0, 0.1) is 6.92 Å². The zero-order chi connectivity index (χ0) is 22.4. The van der Waals surface area contributed by atoms with Gasteiger partial charge < -0.3 is 14.8 Å². The highest BCUT2D eigenvalue weighted by Crippen LogP contribution is 2.34. The van der Waals surface area contributed by atoms with E-state index in [9.17, 15) is 9.59 Å². The van der Waals surface area contributed by atoms with Gasteiger partial charge in [-0.05, 0) is 38.0 Å². The SMILES string of the molecule is CCOC(=O)c1c(NC(=O)CSc2nncn2-c2cccc(OC)c2)sc(CC)c1C. The van der Waals surface area contributed by atoms with E-state index in [0.717, 1.165) is 22.5 Å². The van der Waals surface area contributed by atoms with E-state index in [-0.39, 0.29) is 18.3 Å². The van der Waals surface area contributed by atoms with E-state index in [2.05, 4.69) is 15.5 Å². The van der Waals surface area contributed by atoms with E-state index in [0.29, 0.717) is 21.5 Å². The molecule has 0 radical (unpaired) electrons. The van der Waals surface area contributed by atoms with Crippen molar-refractivity contribution >= 4 is 40.0 Å². The minimum Gasteiger partial charge on any atom is -0.497 e. The number of methoxy groups -OCH3 is 1. The van der Waals surface area contributed by atoms with Gasteiger partial charge in [0, 0.05) is 10.9 Å². The molecule has 0 atom stereocenters. The summed E-state index contributed by atoms with van der Waals surface area (Å²) in [6.45, 7) is 5.93. The van der Waals surface area contributed by atoms with Crippen LogP contribution >= 0.6 is 23.1 Å². The van der Waals surface area contributed by atoms with Gasteiger partial charge in [-0.3, -0.25) is 9.36 Å². The van der Waals surface area contributed by atoms with Gasteiger partial charge in [0.25, 0.3) is 0 Å². The first kappa shape index (κ1) is 22.8. The summed E-state index contributed by atoms with van der Waals surface area (Å²) < 4.78 is 12.2. The molecule has 0 saturated heterocycles. The van der Waals surface area contributed by atoms with E-state index >= 15 is 0 Å². The summed E-state index contributed by atoms with van der Waals surface area (Å²) in [4.78, 5) is 26.1. The number of hydrogen-bond donors (Lipinski definition) is 1. The van der Waals surface area contributed by atoms with Gasteiger partial charge in [-0.15, -0.1) is 21.5 Å². The Morgan fingerprint density at radius 2 is 2.10 bits per heavy atom. The van der Waals surface area contributed by atoms with Crippen molar-refractivity contribution in [3.05, 3.63) is 46.6 Å². The third-order valence-electron chi connectivity index (χ3n) is 4.48. The number of carbonyl (C=O) groups excluding carboxylic acids is 2. The average Bonchev–Trinajstić information content (AvgIpc) is 3.36. The predicted octanol–water partition coefficient (Wildman–Crippen LogP) is 4.12. The highest BCUT2D eigenvalue weighted by molar-refractivity contribution is 7.99. The largest absolute Gasteiger partial charge is 0.497 e. The Morgan fingerprint density at radius 3 is 2.81 bits per heavy atom. The number of benzene rings is 1. The number of thioether (sulfide) groups is 1. The van der Waals surface area contributed by atoms with Crippen LogP contribution in [0.5, 0.6) is 5.75 Å². The van der Waals surface area contributed by atoms with Gasteiger partial charge in [-0.2, -0.15) is 0 Å². The fraction of sp³-hybridized carbons (Fsp3) is 0.333. The van der Waals surface area contributed by atoms with Crippen LogP contribution in [0.4, 0.5) is 5.00 Å². The van der Waals surface area contributed by atoms with Crippen molar-refractivity contribution in [2.75, 3.05) is 24.8 Å². The Labute approximate surface area is 189 Å². The molecule has 8 nitrogen and oxygen atoms in total. The van der Waals surface area contributed by atoms with Crippen molar-refractivity contribution < 1.29 is 19.1 Å². The second-order valence-corrected chi connectivity index (χ2v) is 8.50. The number of aromatic nitrogens is 3. The van der Waals surface area contributed by atoms with Crippen LogP contribution < -0.4 is 10.1 Å². The fourth-order valence-corrected chi connectivity index (χ4v) is 4.87. The number of anilines is 1. The molecule has 1 N–H and O–H groups in total. The summed E-state index contributed by atoms with van der Waals surface area (Å²) in [6, 6.07) is 7.49. The zero-order valence-corrected chi connectivity index (χ0v) is 19.4. The maximum absolute atomic E-state index is 12.6. The Morgan fingerprint density at radius 1 is 1.29 bits per heavy atom. The minimum absolute atomic E-state index is 0.114. The summed E-state index contributed by atoms with van der Waals surface area (Å²) in [5, 5.41) is 12.0. The number of esters is 1. The van der Waals surface area contributed by atoms with Crippen LogP contribution in [0.15, 0.2) is 35.7 Å². The number of amides is 1. The molecule has 0 aliphatic heterocycles. The third kappa shape index (κ3) is 5.26. The molecule has 164 valence electrons. The molecule has 3 aromatic rings. The highest BCUT2D eigenvalue weighted by atomic mass is 32.2. The van der Waals surface area contributed by atoms with Gasteiger partial charge in [-0.1, -0.05) is 24.8 Å². The van der Waals surface area contributed by atoms with Gasteiger partial charge in [0.2, 0.25) is 5.91 Å². The van der Waals surface area contributed by atoms with Crippen molar-refractivity contribution in [2.24, 2.45) is 0 Å². The van der Waals surface area contributed by atoms with Crippen LogP contribution in [0.3, 0.4) is 0 Å².